The van der Waals surface area contributed by atoms with Crippen LogP contribution in [-0.2, 0) is 0 Å². The van der Waals surface area contributed by atoms with Crippen LogP contribution in [0.3, 0.4) is 0 Å². The summed E-state index contributed by atoms with van der Waals surface area (Å²) in [6.07, 6.45) is 8.34. The fourth-order valence-electron chi connectivity index (χ4n) is 6.08. The number of carboxylic acid groups (broad SMARTS) is 2. The zero-order valence-electron chi connectivity index (χ0n) is 17.5. The quantitative estimate of drug-likeness (QED) is 0.666. The van der Waals surface area contributed by atoms with Crippen LogP contribution in [0.2, 0.25) is 0 Å². The largest absolute Gasteiger partial charge is 0.486 e. The standard InChI is InChI=1S/C26H24O6/c27-24(28)18-1-5-21(6-2-18)31-10-9-23-20-12-16-11-17(13-20)15-26(23,14-16)32-22-7-3-19(4-8-22)25(29)30/h1-8,16-17,20,23H,11-15H2,(H,27,28)(H,29,30). The number of rotatable bonds is 5. The number of carbonyl (C=O) groups is 2. The van der Waals surface area contributed by atoms with Crippen molar-refractivity contribution in [1.82, 2.24) is 0 Å². The highest BCUT2D eigenvalue weighted by molar-refractivity contribution is 5.88. The number of hydrogen-bond donors (Lipinski definition) is 2. The second-order valence-corrected chi connectivity index (χ2v) is 9.26. The molecule has 0 aliphatic heterocycles. The van der Waals surface area contributed by atoms with Crippen LogP contribution in [0.25, 0.3) is 0 Å². The summed E-state index contributed by atoms with van der Waals surface area (Å²) in [4.78, 5) is 22.2. The Labute approximate surface area is 186 Å². The Morgan fingerprint density at radius 3 is 1.88 bits per heavy atom. The predicted molar refractivity (Wildman–Crippen MR) is 116 cm³/mol. The van der Waals surface area contributed by atoms with Crippen LogP contribution >= 0.6 is 0 Å². The van der Waals surface area contributed by atoms with Crippen LogP contribution in [0.15, 0.2) is 48.5 Å². The molecule has 3 unspecified atom stereocenters. The lowest BCUT2D eigenvalue weighted by Crippen LogP contribution is -2.59. The van der Waals surface area contributed by atoms with Gasteiger partial charge in [-0.15, -0.1) is 0 Å². The molecule has 0 aromatic heterocycles. The van der Waals surface area contributed by atoms with Crippen molar-refractivity contribution in [2.75, 3.05) is 0 Å². The third-order valence-corrected chi connectivity index (χ3v) is 7.15. The molecular formula is C26H24O6. The Kier molecular flexibility index (Phi) is 5.05. The molecule has 0 saturated heterocycles. The van der Waals surface area contributed by atoms with Gasteiger partial charge in [0.25, 0.3) is 0 Å². The summed E-state index contributed by atoms with van der Waals surface area (Å²) in [5.74, 6) is 4.37. The first-order valence-corrected chi connectivity index (χ1v) is 10.9. The van der Waals surface area contributed by atoms with Crippen molar-refractivity contribution in [2.45, 2.75) is 37.7 Å². The van der Waals surface area contributed by atoms with Gasteiger partial charge >= 0.3 is 11.9 Å². The first-order chi connectivity index (χ1) is 15.4. The molecule has 2 N–H and O–H groups in total. The first kappa shape index (κ1) is 20.4. The molecule has 0 heterocycles. The summed E-state index contributed by atoms with van der Waals surface area (Å²) in [6, 6.07) is 12.8. The van der Waals surface area contributed by atoms with Gasteiger partial charge in [0.15, 0.2) is 0 Å². The zero-order chi connectivity index (χ0) is 22.3. The van der Waals surface area contributed by atoms with Gasteiger partial charge in [-0.3, -0.25) is 0 Å². The number of carboxylic acids is 2. The predicted octanol–water partition coefficient (Wildman–Crippen LogP) is 4.70. The molecule has 32 heavy (non-hydrogen) atoms. The molecule has 4 aliphatic carbocycles. The molecule has 0 radical (unpaired) electrons. The number of benzene rings is 2. The van der Waals surface area contributed by atoms with Gasteiger partial charge in [0, 0.05) is 0 Å². The van der Waals surface area contributed by atoms with Gasteiger partial charge in [-0.05, 0) is 98.4 Å². The Morgan fingerprint density at radius 1 is 0.812 bits per heavy atom. The number of aromatic carboxylic acids is 2. The van der Waals surface area contributed by atoms with Gasteiger partial charge in [0.1, 0.15) is 23.2 Å². The maximum Gasteiger partial charge on any atom is 0.335 e. The lowest BCUT2D eigenvalue weighted by Gasteiger charge is -2.59. The van der Waals surface area contributed by atoms with Crippen LogP contribution in [0, 0.1) is 35.7 Å². The summed E-state index contributed by atoms with van der Waals surface area (Å²) >= 11 is 0. The van der Waals surface area contributed by atoms with E-state index in [1.807, 2.05) is 0 Å². The van der Waals surface area contributed by atoms with E-state index in [2.05, 4.69) is 12.0 Å². The molecule has 4 aliphatic rings. The third kappa shape index (κ3) is 3.80. The highest BCUT2D eigenvalue weighted by atomic mass is 16.5. The van der Waals surface area contributed by atoms with Gasteiger partial charge in [0.2, 0.25) is 0 Å². The summed E-state index contributed by atoms with van der Waals surface area (Å²) in [5, 5.41) is 18.2. The summed E-state index contributed by atoms with van der Waals surface area (Å²) in [6.45, 7) is 0. The Hall–Kier alpha value is -3.46. The van der Waals surface area contributed by atoms with E-state index in [4.69, 9.17) is 19.7 Å². The van der Waals surface area contributed by atoms with Gasteiger partial charge in [-0.25, -0.2) is 9.59 Å². The van der Waals surface area contributed by atoms with E-state index in [0.29, 0.717) is 29.3 Å². The molecule has 6 heteroatoms. The highest BCUT2D eigenvalue weighted by Gasteiger charge is 2.58. The van der Waals surface area contributed by atoms with Crippen LogP contribution in [0.4, 0.5) is 0 Å². The van der Waals surface area contributed by atoms with Gasteiger partial charge in [-0.2, -0.15) is 0 Å². The first-order valence-electron chi connectivity index (χ1n) is 10.9. The summed E-state index contributed by atoms with van der Waals surface area (Å²) in [5.41, 5.74) is 0.0531. The molecule has 4 fully saturated rings. The minimum absolute atomic E-state index is 0.0349. The Balaban J connectivity index is 1.37. The summed E-state index contributed by atoms with van der Waals surface area (Å²) < 4.78 is 12.2. The van der Waals surface area contributed by atoms with E-state index < -0.39 is 11.9 Å². The van der Waals surface area contributed by atoms with Crippen molar-refractivity contribution < 1.29 is 29.3 Å². The molecule has 164 valence electrons. The fourth-order valence-corrected chi connectivity index (χ4v) is 6.08. The van der Waals surface area contributed by atoms with Gasteiger partial charge < -0.3 is 19.7 Å². The maximum atomic E-state index is 11.2. The van der Waals surface area contributed by atoms with E-state index in [-0.39, 0.29) is 22.6 Å². The average molecular weight is 432 g/mol. The third-order valence-electron chi connectivity index (χ3n) is 7.15. The molecule has 3 atom stereocenters. The smallest absolute Gasteiger partial charge is 0.335 e. The molecular weight excluding hydrogens is 408 g/mol. The normalized spacial score (nSPS) is 29.6. The van der Waals surface area contributed by atoms with E-state index in [1.54, 1.807) is 36.4 Å². The molecule has 6 nitrogen and oxygen atoms in total. The van der Waals surface area contributed by atoms with E-state index in [0.717, 1.165) is 25.7 Å². The van der Waals surface area contributed by atoms with E-state index >= 15 is 0 Å². The lowest BCUT2D eigenvalue weighted by atomic mass is 9.50. The summed E-state index contributed by atoms with van der Waals surface area (Å²) in [7, 11) is 0. The van der Waals surface area contributed by atoms with Crippen molar-refractivity contribution in [3.8, 4) is 23.5 Å². The fraction of sp³-hybridized carbons (Fsp3) is 0.385. The molecule has 0 spiro atoms. The molecule has 2 aromatic rings. The Morgan fingerprint density at radius 2 is 1.34 bits per heavy atom. The van der Waals surface area contributed by atoms with Crippen molar-refractivity contribution in [2.24, 2.45) is 23.7 Å². The minimum Gasteiger partial charge on any atom is -0.486 e. The second-order valence-electron chi connectivity index (χ2n) is 9.26. The molecule has 4 bridgehead atoms. The molecule has 2 aromatic carbocycles. The average Bonchev–Trinajstić information content (AvgIpc) is 2.76. The van der Waals surface area contributed by atoms with Crippen molar-refractivity contribution in [3.05, 3.63) is 59.7 Å². The number of ether oxygens (including phenoxy) is 2. The lowest BCUT2D eigenvalue weighted by molar-refractivity contribution is -0.136. The van der Waals surface area contributed by atoms with Crippen LogP contribution in [0.1, 0.15) is 52.8 Å². The molecule has 4 saturated carbocycles. The van der Waals surface area contributed by atoms with Crippen molar-refractivity contribution >= 4 is 11.9 Å². The Bertz CT molecular complexity index is 1080. The van der Waals surface area contributed by atoms with Crippen LogP contribution in [-0.4, -0.2) is 27.8 Å². The van der Waals surface area contributed by atoms with Crippen LogP contribution < -0.4 is 9.47 Å². The second kappa shape index (κ2) is 7.90. The van der Waals surface area contributed by atoms with E-state index in [9.17, 15) is 9.59 Å². The van der Waals surface area contributed by atoms with Gasteiger partial charge in [-0.1, -0.05) is 5.92 Å². The molecule has 6 rings (SSSR count). The minimum atomic E-state index is -0.980. The SMILES string of the molecule is O=C(O)c1ccc(OC#CC2C3CC4CC(C3)CC2(Oc2ccc(C(=O)O)cc2)C4)cc1. The van der Waals surface area contributed by atoms with Crippen molar-refractivity contribution in [3.63, 3.8) is 0 Å². The number of hydrogen-bond acceptors (Lipinski definition) is 4. The molecule has 0 amide bonds. The monoisotopic (exact) mass is 432 g/mol. The van der Waals surface area contributed by atoms with Gasteiger partial charge in [0.05, 0.1) is 17.0 Å². The maximum absolute atomic E-state index is 11.2. The van der Waals surface area contributed by atoms with E-state index in [1.165, 1.54) is 18.6 Å². The zero-order valence-corrected chi connectivity index (χ0v) is 17.5. The van der Waals surface area contributed by atoms with Crippen molar-refractivity contribution in [1.29, 1.82) is 0 Å². The highest BCUT2D eigenvalue weighted by Crippen LogP contribution is 2.59. The van der Waals surface area contributed by atoms with Crippen LogP contribution in [0.5, 0.6) is 11.5 Å². The topological polar surface area (TPSA) is 93.1 Å².